The Balaban J connectivity index is 0.860. The van der Waals surface area contributed by atoms with Crippen molar-refractivity contribution >= 4 is 17.8 Å². The number of fused-ring (bicyclic) bond motifs is 6. The second-order valence-corrected chi connectivity index (χ2v) is 32.1. The van der Waals surface area contributed by atoms with Gasteiger partial charge in [-0.05, 0) is 146 Å². The zero-order valence-electron chi connectivity index (χ0n) is 61.7. The molecular formula is C84H112N4O16. The number of benzene rings is 4. The van der Waals surface area contributed by atoms with Gasteiger partial charge in [-0.2, -0.15) is 0 Å². The summed E-state index contributed by atoms with van der Waals surface area (Å²) in [5.74, 6) is -1.57. The summed E-state index contributed by atoms with van der Waals surface area (Å²) >= 11 is 0. The second-order valence-electron chi connectivity index (χ2n) is 32.1. The van der Waals surface area contributed by atoms with Crippen LogP contribution in [0.15, 0.2) is 139 Å². The fourth-order valence-corrected chi connectivity index (χ4v) is 20.5. The highest BCUT2D eigenvalue weighted by Gasteiger charge is 2.67. The molecule has 20 heteroatoms. The van der Waals surface area contributed by atoms with Crippen molar-refractivity contribution in [1.82, 2.24) is 5.32 Å². The van der Waals surface area contributed by atoms with Gasteiger partial charge in [-0.1, -0.05) is 185 Å². The van der Waals surface area contributed by atoms with Gasteiger partial charge in [0.2, 0.25) is 5.91 Å². The number of esters is 2. The molecule has 9 fully saturated rings. The molecule has 6 aliphatic carbocycles. The summed E-state index contributed by atoms with van der Waals surface area (Å²) in [5.41, 5.74) is 12.8. The molecule has 104 heavy (non-hydrogen) atoms. The number of carbonyl (C=O) groups excluding carboxylic acids is 3. The number of carbonyl (C=O) groups is 3. The molecule has 20 nitrogen and oxygen atoms in total. The van der Waals surface area contributed by atoms with E-state index in [9.17, 15) is 20.2 Å². The molecule has 1 amide bonds. The summed E-state index contributed by atoms with van der Waals surface area (Å²) < 4.78 is 83.7. The smallest absolute Gasteiger partial charge is 0.309 e. The first-order valence-electron chi connectivity index (χ1n) is 38.9. The Hall–Kier alpha value is -6.10. The number of ether oxygens (including phenoxy) is 12. The second kappa shape index (κ2) is 34.9. The molecule has 0 radical (unpaired) electrons. The molecule has 9 aliphatic rings. The molecule has 3 aliphatic heterocycles. The molecule has 0 spiro atoms. The van der Waals surface area contributed by atoms with Gasteiger partial charge in [0.05, 0.1) is 63.9 Å². The van der Waals surface area contributed by atoms with Crippen molar-refractivity contribution in [3.05, 3.63) is 167 Å². The van der Waals surface area contributed by atoms with E-state index in [1.165, 1.54) is 33.3 Å². The summed E-state index contributed by atoms with van der Waals surface area (Å²) in [6.07, 6.45) is 3.73. The maximum Gasteiger partial charge on any atom is 0.309 e. The van der Waals surface area contributed by atoms with Crippen LogP contribution in [-0.2, 0) is 91.0 Å². The molecule has 26 atom stereocenters. The Morgan fingerprint density at radius 3 is 2.02 bits per heavy atom. The molecule has 3 heterocycles. The highest BCUT2D eigenvalue weighted by molar-refractivity contribution is 5.74. The minimum Gasteiger partial charge on any atom is -0.469 e. The third kappa shape index (κ3) is 17.1. The van der Waals surface area contributed by atoms with E-state index < -0.39 is 109 Å². The molecule has 18 unspecified atom stereocenters. The van der Waals surface area contributed by atoms with E-state index in [1.54, 1.807) is 0 Å². The minimum absolute atomic E-state index is 0.00900. The number of nitrogens with one attached hydrogen (secondary N) is 1. The Bertz CT molecular complexity index is 3480. The van der Waals surface area contributed by atoms with Crippen LogP contribution in [0.3, 0.4) is 0 Å². The van der Waals surface area contributed by atoms with Gasteiger partial charge in [-0.25, -0.2) is 0 Å². The Morgan fingerprint density at radius 1 is 0.721 bits per heavy atom. The predicted molar refractivity (Wildman–Crippen MR) is 388 cm³/mol. The zero-order valence-corrected chi connectivity index (χ0v) is 61.7. The topological polar surface area (TPSA) is 243 Å². The fraction of sp³-hybridized carbons (Fsp3) is 0.655. The maximum atomic E-state index is 16.2. The Kier molecular flexibility index (Phi) is 25.5. The van der Waals surface area contributed by atoms with Gasteiger partial charge in [-0.15, -0.1) is 6.58 Å². The zero-order chi connectivity index (χ0) is 72.5. The first kappa shape index (κ1) is 76.1. The fourth-order valence-electron chi connectivity index (χ4n) is 20.5. The maximum absolute atomic E-state index is 16.2. The van der Waals surface area contributed by atoms with E-state index in [0.717, 1.165) is 67.2 Å². The summed E-state index contributed by atoms with van der Waals surface area (Å²) in [4.78, 5) is 46.0. The molecule has 6 saturated carbocycles. The monoisotopic (exact) mass is 1430 g/mol. The summed E-state index contributed by atoms with van der Waals surface area (Å²) in [6, 6.07) is 38.6. The largest absolute Gasteiger partial charge is 0.469 e. The highest BCUT2D eigenvalue weighted by atomic mass is 16.8. The number of amides is 1. The average Bonchev–Trinajstić information content (AvgIpc) is 1.37. The summed E-state index contributed by atoms with van der Waals surface area (Å²) in [5, 5.41) is 20.3. The van der Waals surface area contributed by atoms with Crippen LogP contribution in [0.25, 0.3) is 10.4 Å². The van der Waals surface area contributed by atoms with Gasteiger partial charge in [0.1, 0.15) is 48.8 Å². The third-order valence-corrected chi connectivity index (χ3v) is 26.0. The number of aliphatic hydroxyl groups is 1. The lowest BCUT2D eigenvalue weighted by molar-refractivity contribution is -0.367. The predicted octanol–water partition coefficient (Wildman–Crippen LogP) is 14.6. The standard InChI is InChI=1S/C84H112N4O16/c1-8-58-42-60(79(92)100-66-45-61-44-62(87-88-85)38-40-83(61,5)65-46-69(90)84(6)63(35-36-64(84)71(65)66)51(2)34-37-70(91)93-7)43-67(101-81-72(86-53(4)89)76(94-41-39-54-24-14-9-15-25-54)75-68(102-81)50-98-80(104-75)59-32-22-13-23-33-59)74(58)103-82-78(97-49-57-30-20-12-21-31-57)77(96-48-56-28-18-11-19-29-56)73(52(3)99-82)95-47-55-26-16-10-17-27-55/h8,10-13,16-23,26-33,51-52,54,58,60-69,71-78,80-82,90H,1,9,14-15,24-25,34-50H2,2-7H3,(H,86,89)/t51?,52-,58?,60?,61?,62?,63?,64?,65?,66?,67+,68-,69?,71?,72?,73-,74+,75-,76?,77?,78-,80?,81+,82?,83?,84?/m0/s1. The van der Waals surface area contributed by atoms with Crippen molar-refractivity contribution in [3.63, 3.8) is 0 Å². The molecule has 0 aromatic heterocycles. The van der Waals surface area contributed by atoms with Crippen LogP contribution in [0.5, 0.6) is 0 Å². The normalized spacial score (nSPS) is 38.0. The van der Waals surface area contributed by atoms with E-state index in [2.05, 4.69) is 42.7 Å². The van der Waals surface area contributed by atoms with Crippen LogP contribution >= 0.6 is 0 Å². The molecule has 4 aromatic carbocycles. The van der Waals surface area contributed by atoms with Crippen molar-refractivity contribution in [2.45, 2.75) is 262 Å². The number of methoxy groups -OCH3 is 1. The van der Waals surface area contributed by atoms with Gasteiger partial charge >= 0.3 is 11.9 Å². The lowest BCUT2D eigenvalue weighted by atomic mass is 9.43. The Morgan fingerprint density at radius 2 is 1.38 bits per heavy atom. The molecule has 13 rings (SSSR count). The van der Waals surface area contributed by atoms with Crippen molar-refractivity contribution in [1.29, 1.82) is 0 Å². The van der Waals surface area contributed by atoms with Crippen molar-refractivity contribution < 1.29 is 76.3 Å². The van der Waals surface area contributed by atoms with E-state index in [0.29, 0.717) is 44.6 Å². The van der Waals surface area contributed by atoms with Crippen molar-refractivity contribution in [2.75, 3.05) is 20.3 Å². The van der Waals surface area contributed by atoms with E-state index in [-0.39, 0.29) is 104 Å². The lowest BCUT2D eigenvalue weighted by Crippen LogP contribution is -2.68. The first-order valence-corrected chi connectivity index (χ1v) is 38.9. The SMILES string of the molecule is C=CC1CC(C(=O)OC2CC3CC(N=[N+]=[N-])CCC3(C)C3CC(O)C4(C)C(C(C)CCC(=O)OC)CCC4C23)C[C@@H](O[C@@H]2O[C@H]3COC(c4ccccc4)O[C@@H]3C(OCCC3CCCCC3)C2NC(C)=O)[C@@H]1OC1O[C@@H](C)[C@H](OCc2ccccc2)C(OCc2ccccc2)[C@@H]1OCc1ccccc1. The summed E-state index contributed by atoms with van der Waals surface area (Å²) in [6.45, 7) is 16.0. The average molecular weight is 1430 g/mol. The van der Waals surface area contributed by atoms with Crippen molar-refractivity contribution in [3.8, 4) is 0 Å². The molecule has 4 aromatic rings. The van der Waals surface area contributed by atoms with Crippen LogP contribution in [0, 0.1) is 64.1 Å². The van der Waals surface area contributed by atoms with Gasteiger partial charge in [0.25, 0.3) is 0 Å². The quantitative estimate of drug-likeness (QED) is 0.0185. The molecule has 2 N–H and O–H groups in total. The number of hydrogen-bond acceptors (Lipinski definition) is 17. The van der Waals surface area contributed by atoms with Crippen molar-refractivity contribution in [2.24, 2.45) is 69.2 Å². The highest BCUT2D eigenvalue weighted by Crippen LogP contribution is 2.69. The van der Waals surface area contributed by atoms with Gasteiger partial charge < -0.3 is 67.3 Å². The van der Waals surface area contributed by atoms with Crippen LogP contribution < -0.4 is 5.32 Å². The van der Waals surface area contributed by atoms with E-state index >= 15 is 4.79 Å². The number of hydrogen-bond donors (Lipinski definition) is 2. The number of aliphatic hydroxyl groups excluding tert-OH is 1. The molecule has 3 saturated heterocycles. The lowest BCUT2D eigenvalue weighted by Gasteiger charge is -2.64. The van der Waals surface area contributed by atoms with E-state index in [4.69, 9.17) is 56.8 Å². The number of rotatable bonds is 27. The van der Waals surface area contributed by atoms with Gasteiger partial charge in [0.15, 0.2) is 18.9 Å². The summed E-state index contributed by atoms with van der Waals surface area (Å²) in [7, 11) is 1.42. The third-order valence-electron chi connectivity index (χ3n) is 26.0. The molecular weight excluding hydrogens is 1320 g/mol. The molecule has 0 bridgehead atoms. The van der Waals surface area contributed by atoms with Crippen LogP contribution in [0.1, 0.15) is 172 Å². The number of azide groups is 1. The minimum atomic E-state index is -1.20. The van der Waals surface area contributed by atoms with Gasteiger partial charge in [-0.3, -0.25) is 14.4 Å². The van der Waals surface area contributed by atoms with Crippen LogP contribution in [0.4, 0.5) is 0 Å². The van der Waals surface area contributed by atoms with E-state index in [1.807, 2.05) is 134 Å². The van der Waals surface area contributed by atoms with Crippen LogP contribution in [-0.4, -0.2) is 135 Å². The van der Waals surface area contributed by atoms with Gasteiger partial charge in [0, 0.05) is 48.3 Å². The van der Waals surface area contributed by atoms with Crippen LogP contribution in [0.2, 0.25) is 0 Å². The first-order chi connectivity index (χ1) is 50.5. The Labute approximate surface area is 614 Å². The molecule has 564 valence electrons. The number of nitrogens with zero attached hydrogens (tertiary/aromatic N) is 3.